The number of hydrogen-bond donors (Lipinski definition) is 0. The van der Waals surface area contributed by atoms with Crippen LogP contribution in [0.25, 0.3) is 0 Å². The van der Waals surface area contributed by atoms with Crippen molar-refractivity contribution in [1.29, 1.82) is 0 Å². The van der Waals surface area contributed by atoms with Crippen LogP contribution in [0.15, 0.2) is 48.5 Å². The van der Waals surface area contributed by atoms with Crippen molar-refractivity contribution in [2.24, 2.45) is 0 Å². The summed E-state index contributed by atoms with van der Waals surface area (Å²) in [7, 11) is 0. The molecule has 0 aromatic heterocycles. The number of hydrogen-bond acceptors (Lipinski definition) is 3. The molecule has 4 heteroatoms. The van der Waals surface area contributed by atoms with Gasteiger partial charge in [0.25, 0.3) is 5.91 Å². The minimum absolute atomic E-state index is 0.0644. The first-order chi connectivity index (χ1) is 11.5. The highest BCUT2D eigenvalue weighted by atomic mass is 16.5. The van der Waals surface area contributed by atoms with Crippen LogP contribution in [0.2, 0.25) is 0 Å². The van der Waals surface area contributed by atoms with Crippen LogP contribution in [0.4, 0.5) is 5.69 Å². The van der Waals surface area contributed by atoms with Crippen LogP contribution in [-0.2, 0) is 16.0 Å². The van der Waals surface area contributed by atoms with Crippen molar-refractivity contribution < 1.29 is 14.3 Å². The van der Waals surface area contributed by atoms with Gasteiger partial charge in [-0.25, -0.2) is 4.79 Å². The zero-order valence-corrected chi connectivity index (χ0v) is 14.2. The van der Waals surface area contributed by atoms with Gasteiger partial charge in [0, 0.05) is 11.7 Å². The average molecular weight is 323 g/mol. The Kier molecular flexibility index (Phi) is 4.38. The number of esters is 1. The molecular formula is C20H21NO3. The molecule has 1 aliphatic heterocycles. The van der Waals surface area contributed by atoms with Crippen LogP contribution >= 0.6 is 0 Å². The van der Waals surface area contributed by atoms with Gasteiger partial charge >= 0.3 is 5.97 Å². The van der Waals surface area contributed by atoms with E-state index in [2.05, 4.69) is 0 Å². The molecule has 1 aliphatic rings. The predicted octanol–water partition coefficient (Wildman–Crippen LogP) is 3.52. The Morgan fingerprint density at radius 2 is 1.79 bits per heavy atom. The molecule has 0 radical (unpaired) electrons. The van der Waals surface area contributed by atoms with E-state index in [1.54, 1.807) is 24.0 Å². The molecule has 0 spiro atoms. The number of aryl methyl sites for hydroxylation is 1. The van der Waals surface area contributed by atoms with E-state index in [0.717, 1.165) is 23.2 Å². The number of nitrogens with zero attached hydrogens (tertiary/aromatic N) is 1. The fourth-order valence-corrected chi connectivity index (χ4v) is 3.17. The van der Waals surface area contributed by atoms with Crippen molar-refractivity contribution in [2.75, 3.05) is 4.90 Å². The van der Waals surface area contributed by atoms with Crippen LogP contribution < -0.4 is 4.90 Å². The number of fused-ring (bicyclic) bond motifs is 1. The highest BCUT2D eigenvalue weighted by Crippen LogP contribution is 2.32. The van der Waals surface area contributed by atoms with Gasteiger partial charge in [-0.1, -0.05) is 36.4 Å². The largest absolute Gasteiger partial charge is 0.449 e. The van der Waals surface area contributed by atoms with Gasteiger partial charge in [-0.2, -0.15) is 0 Å². The normalized spacial score (nSPS) is 17.3. The van der Waals surface area contributed by atoms with E-state index in [1.807, 2.05) is 50.2 Å². The molecule has 0 bridgehead atoms. The first-order valence-electron chi connectivity index (χ1n) is 8.16. The highest BCUT2D eigenvalue weighted by molar-refractivity contribution is 6.01. The molecular weight excluding hydrogens is 302 g/mol. The fourth-order valence-electron chi connectivity index (χ4n) is 3.17. The van der Waals surface area contributed by atoms with Crippen LogP contribution in [0.1, 0.15) is 35.3 Å². The van der Waals surface area contributed by atoms with Gasteiger partial charge in [0.15, 0.2) is 6.10 Å². The lowest BCUT2D eigenvalue weighted by Gasteiger charge is -2.26. The van der Waals surface area contributed by atoms with E-state index < -0.39 is 12.1 Å². The Balaban J connectivity index is 1.76. The van der Waals surface area contributed by atoms with E-state index in [9.17, 15) is 9.59 Å². The fraction of sp³-hybridized carbons (Fsp3) is 0.300. The van der Waals surface area contributed by atoms with Gasteiger partial charge in [-0.15, -0.1) is 0 Å². The Bertz CT molecular complexity index is 784. The summed E-state index contributed by atoms with van der Waals surface area (Å²) in [4.78, 5) is 26.9. The van der Waals surface area contributed by atoms with Crippen molar-refractivity contribution in [3.63, 3.8) is 0 Å². The van der Waals surface area contributed by atoms with Crippen LogP contribution in [0, 0.1) is 6.92 Å². The Labute approximate surface area is 142 Å². The van der Waals surface area contributed by atoms with Gasteiger partial charge in [-0.3, -0.25) is 4.79 Å². The monoisotopic (exact) mass is 323 g/mol. The molecule has 24 heavy (non-hydrogen) atoms. The molecule has 0 saturated carbocycles. The molecule has 0 saturated heterocycles. The molecule has 3 rings (SSSR count). The Morgan fingerprint density at radius 1 is 1.12 bits per heavy atom. The van der Waals surface area contributed by atoms with E-state index in [4.69, 9.17) is 4.74 Å². The summed E-state index contributed by atoms with van der Waals surface area (Å²) < 4.78 is 5.42. The van der Waals surface area contributed by atoms with Crippen molar-refractivity contribution in [3.05, 3.63) is 65.2 Å². The summed E-state index contributed by atoms with van der Waals surface area (Å²) in [6.07, 6.45) is -0.00823. The third-order valence-electron chi connectivity index (χ3n) is 4.44. The first kappa shape index (κ1) is 16.2. The lowest BCUT2D eigenvalue weighted by atomic mass is 10.1. The molecule has 0 N–H and O–H groups in total. The van der Waals surface area contributed by atoms with E-state index >= 15 is 0 Å². The standard InChI is InChI=1S/C20H21NO3/c1-13-8-4-6-10-17(13)20(23)24-15(3)19(22)21-14(2)12-16-9-5-7-11-18(16)21/h4-11,14-15H,12H2,1-3H3/t14-,15-/m0/s1. The summed E-state index contributed by atoms with van der Waals surface area (Å²) >= 11 is 0. The minimum atomic E-state index is -0.828. The number of carbonyl (C=O) groups is 2. The number of carbonyl (C=O) groups excluding carboxylic acids is 2. The molecule has 2 aromatic carbocycles. The summed E-state index contributed by atoms with van der Waals surface area (Å²) in [5.41, 5.74) is 3.39. The highest BCUT2D eigenvalue weighted by Gasteiger charge is 2.34. The SMILES string of the molecule is Cc1ccccc1C(=O)O[C@@H](C)C(=O)N1c2ccccc2C[C@@H]1C. The molecule has 124 valence electrons. The second-order valence-corrected chi connectivity index (χ2v) is 6.25. The van der Waals surface area contributed by atoms with Crippen molar-refractivity contribution >= 4 is 17.6 Å². The van der Waals surface area contributed by atoms with Crippen LogP contribution in [-0.4, -0.2) is 24.0 Å². The van der Waals surface area contributed by atoms with Crippen LogP contribution in [0.5, 0.6) is 0 Å². The van der Waals surface area contributed by atoms with Crippen molar-refractivity contribution in [3.8, 4) is 0 Å². The van der Waals surface area contributed by atoms with Gasteiger partial charge < -0.3 is 9.64 Å². The van der Waals surface area contributed by atoms with E-state index in [-0.39, 0.29) is 11.9 Å². The summed E-state index contributed by atoms with van der Waals surface area (Å²) in [5, 5.41) is 0. The molecule has 1 amide bonds. The molecule has 1 heterocycles. The quantitative estimate of drug-likeness (QED) is 0.812. The summed E-state index contributed by atoms with van der Waals surface area (Å²) in [6, 6.07) is 15.1. The molecule has 0 fully saturated rings. The Hall–Kier alpha value is -2.62. The zero-order chi connectivity index (χ0) is 17.3. The predicted molar refractivity (Wildman–Crippen MR) is 93.2 cm³/mol. The lowest BCUT2D eigenvalue weighted by molar-refractivity contribution is -0.126. The van der Waals surface area contributed by atoms with Gasteiger partial charge in [-0.05, 0) is 50.5 Å². The first-order valence-corrected chi connectivity index (χ1v) is 8.16. The maximum absolute atomic E-state index is 12.8. The number of benzene rings is 2. The number of rotatable bonds is 3. The molecule has 2 atom stereocenters. The number of amides is 1. The van der Waals surface area contributed by atoms with Gasteiger partial charge in [0.05, 0.1) is 5.56 Å². The maximum atomic E-state index is 12.8. The molecule has 2 aromatic rings. The summed E-state index contributed by atoms with van der Waals surface area (Å²) in [6.45, 7) is 5.49. The zero-order valence-electron chi connectivity index (χ0n) is 14.2. The van der Waals surface area contributed by atoms with Gasteiger partial charge in [0.2, 0.25) is 0 Å². The number of anilines is 1. The summed E-state index contributed by atoms with van der Waals surface area (Å²) in [5.74, 6) is -0.650. The van der Waals surface area contributed by atoms with Gasteiger partial charge in [0.1, 0.15) is 0 Å². The second kappa shape index (κ2) is 6.48. The topological polar surface area (TPSA) is 46.6 Å². The van der Waals surface area contributed by atoms with Crippen molar-refractivity contribution in [1.82, 2.24) is 0 Å². The average Bonchev–Trinajstić information content (AvgIpc) is 2.90. The van der Waals surface area contributed by atoms with Crippen molar-refractivity contribution in [2.45, 2.75) is 39.3 Å². The second-order valence-electron chi connectivity index (χ2n) is 6.25. The molecule has 0 aliphatic carbocycles. The van der Waals surface area contributed by atoms with E-state index in [1.165, 1.54) is 0 Å². The third kappa shape index (κ3) is 2.92. The smallest absolute Gasteiger partial charge is 0.339 e. The minimum Gasteiger partial charge on any atom is -0.449 e. The molecule has 0 unspecified atom stereocenters. The number of ether oxygens (including phenoxy) is 1. The Morgan fingerprint density at radius 3 is 2.54 bits per heavy atom. The van der Waals surface area contributed by atoms with E-state index in [0.29, 0.717) is 5.56 Å². The third-order valence-corrected chi connectivity index (χ3v) is 4.44. The lowest BCUT2D eigenvalue weighted by Crippen LogP contribution is -2.43. The maximum Gasteiger partial charge on any atom is 0.339 e. The van der Waals surface area contributed by atoms with Crippen LogP contribution in [0.3, 0.4) is 0 Å². The number of para-hydroxylation sites is 1. The molecule has 4 nitrogen and oxygen atoms in total.